The number of hydrogen-bond acceptors (Lipinski definition) is 4. The molecule has 0 aliphatic carbocycles. The number of amides is 3. The van der Waals surface area contributed by atoms with Crippen molar-refractivity contribution < 1.29 is 19.1 Å². The van der Waals surface area contributed by atoms with Gasteiger partial charge in [0.25, 0.3) is 11.8 Å². The Morgan fingerprint density at radius 2 is 1.64 bits per heavy atom. The molecule has 2 aliphatic rings. The Morgan fingerprint density at radius 3 is 2.24 bits per heavy atom. The maximum atomic E-state index is 12.6. The van der Waals surface area contributed by atoms with Gasteiger partial charge in [0.2, 0.25) is 5.91 Å². The van der Waals surface area contributed by atoms with E-state index in [0.29, 0.717) is 23.4 Å². The lowest BCUT2D eigenvalue weighted by Gasteiger charge is -2.38. The Labute approximate surface area is 194 Å². The van der Waals surface area contributed by atoms with Crippen LogP contribution in [-0.4, -0.2) is 47.9 Å². The summed E-state index contributed by atoms with van der Waals surface area (Å²) >= 11 is 0. The molecule has 7 heteroatoms. The smallest absolute Gasteiger partial charge is 0.260 e. The van der Waals surface area contributed by atoms with Gasteiger partial charge in [-0.3, -0.25) is 14.4 Å². The molecular formula is C26H31N3O4. The molecule has 33 heavy (non-hydrogen) atoms. The largest absolute Gasteiger partial charge is 0.484 e. The van der Waals surface area contributed by atoms with Gasteiger partial charge in [0.1, 0.15) is 5.75 Å². The molecule has 2 heterocycles. The molecule has 4 rings (SSSR count). The molecule has 0 bridgehead atoms. The SMILES string of the molecule is C[C@@H]1CCC[C@@H](C)N1C(=O)COc1ccc(C(=O)Nc2ccc(N3CCCC3=O)cc2)cc1. The van der Waals surface area contributed by atoms with Crippen molar-refractivity contribution in [1.82, 2.24) is 4.90 Å². The van der Waals surface area contributed by atoms with Crippen molar-refractivity contribution in [3.05, 3.63) is 54.1 Å². The molecule has 1 N–H and O–H groups in total. The molecule has 7 nitrogen and oxygen atoms in total. The average molecular weight is 450 g/mol. The zero-order chi connectivity index (χ0) is 23.4. The molecule has 0 radical (unpaired) electrons. The molecule has 2 saturated heterocycles. The summed E-state index contributed by atoms with van der Waals surface area (Å²) in [4.78, 5) is 40.8. The van der Waals surface area contributed by atoms with E-state index in [2.05, 4.69) is 19.2 Å². The van der Waals surface area contributed by atoms with E-state index in [-0.39, 0.29) is 36.4 Å². The Morgan fingerprint density at radius 1 is 0.970 bits per heavy atom. The second kappa shape index (κ2) is 10.1. The van der Waals surface area contributed by atoms with Gasteiger partial charge in [-0.05, 0) is 88.1 Å². The third-order valence-corrected chi connectivity index (χ3v) is 6.47. The van der Waals surface area contributed by atoms with Crippen LogP contribution >= 0.6 is 0 Å². The fourth-order valence-electron chi connectivity index (χ4n) is 4.68. The normalized spacial score (nSPS) is 20.6. The lowest BCUT2D eigenvalue weighted by atomic mass is 9.97. The Bertz CT molecular complexity index is 993. The summed E-state index contributed by atoms with van der Waals surface area (Å²) in [6.07, 6.45) is 4.67. The Kier molecular flexibility index (Phi) is 6.96. The number of benzene rings is 2. The van der Waals surface area contributed by atoms with Gasteiger partial charge in [0, 0.05) is 42.0 Å². The number of nitrogens with one attached hydrogen (secondary N) is 1. The van der Waals surface area contributed by atoms with Crippen LogP contribution in [0.5, 0.6) is 5.75 Å². The molecule has 0 unspecified atom stereocenters. The standard InChI is InChI=1S/C26H31N3O4/c1-18-5-3-6-19(2)29(18)25(31)17-33-23-14-8-20(9-15-23)26(32)27-21-10-12-22(13-11-21)28-16-4-7-24(28)30/h8-15,18-19H,3-7,16-17H2,1-2H3,(H,27,32)/t18-,19-/m1/s1. The van der Waals surface area contributed by atoms with Crippen molar-refractivity contribution in [2.75, 3.05) is 23.4 Å². The van der Waals surface area contributed by atoms with Crippen LogP contribution in [-0.2, 0) is 9.59 Å². The molecule has 0 aromatic heterocycles. The van der Waals surface area contributed by atoms with E-state index in [1.165, 1.54) is 0 Å². The van der Waals surface area contributed by atoms with Crippen molar-refractivity contribution in [2.24, 2.45) is 0 Å². The number of anilines is 2. The molecule has 2 aromatic rings. The van der Waals surface area contributed by atoms with Crippen LogP contribution in [0.25, 0.3) is 0 Å². The van der Waals surface area contributed by atoms with Gasteiger partial charge in [0.05, 0.1) is 0 Å². The summed E-state index contributed by atoms with van der Waals surface area (Å²) in [6.45, 7) is 4.90. The van der Waals surface area contributed by atoms with Gasteiger partial charge < -0.3 is 19.9 Å². The molecule has 2 atom stereocenters. The van der Waals surface area contributed by atoms with Crippen molar-refractivity contribution in [3.8, 4) is 5.75 Å². The minimum Gasteiger partial charge on any atom is -0.484 e. The Balaban J connectivity index is 1.30. The predicted molar refractivity (Wildman–Crippen MR) is 128 cm³/mol. The number of carbonyl (C=O) groups is 3. The number of ether oxygens (including phenoxy) is 1. The number of hydrogen-bond donors (Lipinski definition) is 1. The van der Waals surface area contributed by atoms with Gasteiger partial charge in [0.15, 0.2) is 6.61 Å². The lowest BCUT2D eigenvalue weighted by molar-refractivity contribution is -0.139. The van der Waals surface area contributed by atoms with Gasteiger partial charge in [-0.15, -0.1) is 0 Å². The van der Waals surface area contributed by atoms with Crippen LogP contribution in [0.15, 0.2) is 48.5 Å². The van der Waals surface area contributed by atoms with Crippen LogP contribution in [0.2, 0.25) is 0 Å². The first-order valence-corrected chi connectivity index (χ1v) is 11.7. The molecule has 0 spiro atoms. The maximum Gasteiger partial charge on any atom is 0.260 e. The van der Waals surface area contributed by atoms with Crippen molar-refractivity contribution in [3.63, 3.8) is 0 Å². The summed E-state index contributed by atoms with van der Waals surface area (Å²) in [6, 6.07) is 14.5. The minimum absolute atomic E-state index is 0.00408. The van der Waals surface area contributed by atoms with Gasteiger partial charge >= 0.3 is 0 Å². The van der Waals surface area contributed by atoms with E-state index in [4.69, 9.17) is 4.74 Å². The van der Waals surface area contributed by atoms with E-state index < -0.39 is 0 Å². The maximum absolute atomic E-state index is 12.6. The predicted octanol–water partition coefficient (Wildman–Crippen LogP) is 4.23. The summed E-state index contributed by atoms with van der Waals surface area (Å²) < 4.78 is 5.69. The summed E-state index contributed by atoms with van der Waals surface area (Å²) in [7, 11) is 0. The third-order valence-electron chi connectivity index (χ3n) is 6.47. The number of carbonyl (C=O) groups excluding carboxylic acids is 3. The second-order valence-corrected chi connectivity index (χ2v) is 8.89. The number of piperidine rings is 1. The molecular weight excluding hydrogens is 418 g/mol. The Hall–Kier alpha value is -3.35. The average Bonchev–Trinajstić information content (AvgIpc) is 3.24. The molecule has 2 aliphatic heterocycles. The number of rotatable bonds is 6. The van der Waals surface area contributed by atoms with Gasteiger partial charge in [-0.1, -0.05) is 0 Å². The van der Waals surface area contributed by atoms with E-state index in [9.17, 15) is 14.4 Å². The van der Waals surface area contributed by atoms with Crippen LogP contribution in [0, 0.1) is 0 Å². The molecule has 2 aromatic carbocycles. The summed E-state index contributed by atoms with van der Waals surface area (Å²) in [5.41, 5.74) is 2.00. The number of nitrogens with zero attached hydrogens (tertiary/aromatic N) is 2. The lowest BCUT2D eigenvalue weighted by Crippen LogP contribution is -2.49. The molecule has 0 saturated carbocycles. The van der Waals surface area contributed by atoms with Crippen LogP contribution in [0.3, 0.4) is 0 Å². The summed E-state index contributed by atoms with van der Waals surface area (Å²) in [5, 5.41) is 2.87. The van der Waals surface area contributed by atoms with Crippen LogP contribution in [0.4, 0.5) is 11.4 Å². The molecule has 3 amide bonds. The first-order valence-electron chi connectivity index (χ1n) is 11.7. The first kappa shape index (κ1) is 22.8. The zero-order valence-electron chi connectivity index (χ0n) is 19.3. The van der Waals surface area contributed by atoms with E-state index in [1.807, 2.05) is 17.0 Å². The van der Waals surface area contributed by atoms with Crippen molar-refractivity contribution in [2.45, 2.75) is 58.0 Å². The number of likely N-dealkylation sites (tertiary alicyclic amines) is 1. The highest BCUT2D eigenvalue weighted by molar-refractivity contribution is 6.04. The van der Waals surface area contributed by atoms with Crippen LogP contribution < -0.4 is 15.0 Å². The van der Waals surface area contributed by atoms with E-state index >= 15 is 0 Å². The fourth-order valence-corrected chi connectivity index (χ4v) is 4.68. The summed E-state index contributed by atoms with van der Waals surface area (Å²) in [5.74, 6) is 0.446. The van der Waals surface area contributed by atoms with Gasteiger partial charge in [-0.25, -0.2) is 0 Å². The quantitative estimate of drug-likeness (QED) is 0.716. The van der Waals surface area contributed by atoms with Crippen molar-refractivity contribution >= 4 is 29.1 Å². The second-order valence-electron chi connectivity index (χ2n) is 8.89. The highest BCUT2D eigenvalue weighted by Crippen LogP contribution is 2.24. The molecule has 2 fully saturated rings. The highest BCUT2D eigenvalue weighted by atomic mass is 16.5. The van der Waals surface area contributed by atoms with Crippen LogP contribution in [0.1, 0.15) is 56.3 Å². The van der Waals surface area contributed by atoms with Crippen molar-refractivity contribution in [1.29, 1.82) is 0 Å². The fraction of sp³-hybridized carbons (Fsp3) is 0.423. The zero-order valence-corrected chi connectivity index (χ0v) is 19.3. The monoisotopic (exact) mass is 449 g/mol. The topological polar surface area (TPSA) is 79.0 Å². The third kappa shape index (κ3) is 5.35. The van der Waals surface area contributed by atoms with E-state index in [1.54, 1.807) is 41.3 Å². The van der Waals surface area contributed by atoms with Gasteiger partial charge in [-0.2, -0.15) is 0 Å². The minimum atomic E-state index is -0.237. The molecule has 174 valence electrons. The highest BCUT2D eigenvalue weighted by Gasteiger charge is 2.29. The van der Waals surface area contributed by atoms with E-state index in [0.717, 1.165) is 37.9 Å². The first-order chi connectivity index (χ1) is 15.9.